The molecule has 0 saturated heterocycles. The van der Waals surface area contributed by atoms with Gasteiger partial charge in [-0.25, -0.2) is 17.9 Å². The Morgan fingerprint density at radius 1 is 1.31 bits per heavy atom. The number of aryl methyl sites for hydroxylation is 1. The SMILES string of the molecule is CCCc1noc(C(C)OC(=O)c2cccc(S(=O)(=O)NC(C)C)c2)n1. The van der Waals surface area contributed by atoms with Crippen LogP contribution < -0.4 is 4.72 Å². The lowest BCUT2D eigenvalue weighted by Crippen LogP contribution is -2.30. The molecule has 1 aromatic carbocycles. The topological polar surface area (TPSA) is 111 Å². The molecular weight excluding hydrogens is 358 g/mol. The van der Waals surface area contributed by atoms with E-state index in [1.54, 1.807) is 20.8 Å². The first kappa shape index (κ1) is 20.1. The van der Waals surface area contributed by atoms with Gasteiger partial charge in [-0.3, -0.25) is 0 Å². The van der Waals surface area contributed by atoms with Gasteiger partial charge in [-0.15, -0.1) is 0 Å². The van der Waals surface area contributed by atoms with Crippen molar-refractivity contribution in [2.24, 2.45) is 0 Å². The van der Waals surface area contributed by atoms with E-state index in [9.17, 15) is 13.2 Å². The third-order valence-corrected chi connectivity index (χ3v) is 5.02. The standard InChI is InChI=1S/C17H23N3O5S/c1-5-7-15-18-16(25-19-15)12(4)24-17(21)13-8-6-9-14(10-13)26(22,23)20-11(2)3/h6,8-12,20H,5,7H2,1-4H3. The molecule has 0 radical (unpaired) electrons. The maximum absolute atomic E-state index is 12.3. The van der Waals surface area contributed by atoms with Crippen molar-refractivity contribution in [3.8, 4) is 0 Å². The minimum absolute atomic E-state index is 0.00340. The number of nitrogens with one attached hydrogen (secondary N) is 1. The van der Waals surface area contributed by atoms with Gasteiger partial charge in [-0.05, 0) is 45.4 Å². The van der Waals surface area contributed by atoms with Crippen LogP contribution in [0.5, 0.6) is 0 Å². The van der Waals surface area contributed by atoms with Gasteiger partial charge < -0.3 is 9.26 Å². The molecular formula is C17H23N3O5S. The Kier molecular flexibility index (Phi) is 6.49. The Morgan fingerprint density at radius 3 is 2.69 bits per heavy atom. The van der Waals surface area contributed by atoms with Crippen LogP contribution in [0.4, 0.5) is 0 Å². The monoisotopic (exact) mass is 381 g/mol. The van der Waals surface area contributed by atoms with E-state index in [2.05, 4.69) is 14.9 Å². The minimum atomic E-state index is -3.70. The summed E-state index contributed by atoms with van der Waals surface area (Å²) < 4.78 is 37.3. The van der Waals surface area contributed by atoms with Gasteiger partial charge in [0.2, 0.25) is 10.0 Å². The Balaban J connectivity index is 2.13. The fourth-order valence-electron chi connectivity index (χ4n) is 2.21. The molecule has 26 heavy (non-hydrogen) atoms. The van der Waals surface area contributed by atoms with Gasteiger partial charge in [0.15, 0.2) is 11.9 Å². The third-order valence-electron chi connectivity index (χ3n) is 3.36. The summed E-state index contributed by atoms with van der Waals surface area (Å²) in [5.41, 5.74) is 0.122. The molecule has 2 aromatic rings. The van der Waals surface area contributed by atoms with Gasteiger partial charge in [0, 0.05) is 12.5 Å². The van der Waals surface area contributed by atoms with Crippen molar-refractivity contribution in [3.63, 3.8) is 0 Å². The summed E-state index contributed by atoms with van der Waals surface area (Å²) in [6.45, 7) is 7.04. The van der Waals surface area contributed by atoms with Crippen LogP contribution in [0.25, 0.3) is 0 Å². The van der Waals surface area contributed by atoms with Crippen molar-refractivity contribution in [1.82, 2.24) is 14.9 Å². The summed E-state index contributed by atoms with van der Waals surface area (Å²) in [6, 6.07) is 5.41. The molecule has 0 aliphatic heterocycles. The summed E-state index contributed by atoms with van der Waals surface area (Å²) in [4.78, 5) is 16.5. The molecule has 8 nitrogen and oxygen atoms in total. The van der Waals surface area contributed by atoms with Crippen molar-refractivity contribution in [1.29, 1.82) is 0 Å². The number of carbonyl (C=O) groups excluding carboxylic acids is 1. The van der Waals surface area contributed by atoms with E-state index in [-0.39, 0.29) is 22.4 Å². The van der Waals surface area contributed by atoms with Crippen LogP contribution in [0, 0.1) is 0 Å². The van der Waals surface area contributed by atoms with E-state index in [0.717, 1.165) is 6.42 Å². The molecule has 2 rings (SSSR count). The number of esters is 1. The molecule has 0 amide bonds. The summed E-state index contributed by atoms with van der Waals surface area (Å²) in [5.74, 6) is 0.0830. The van der Waals surface area contributed by atoms with E-state index in [0.29, 0.717) is 12.2 Å². The fraction of sp³-hybridized carbons (Fsp3) is 0.471. The highest BCUT2D eigenvalue weighted by molar-refractivity contribution is 7.89. The fourth-order valence-corrected chi connectivity index (χ4v) is 3.50. The number of sulfonamides is 1. The second-order valence-electron chi connectivity index (χ2n) is 6.15. The lowest BCUT2D eigenvalue weighted by atomic mass is 10.2. The quantitative estimate of drug-likeness (QED) is 0.700. The minimum Gasteiger partial charge on any atom is -0.449 e. The summed E-state index contributed by atoms with van der Waals surface area (Å²) in [5, 5.41) is 3.82. The van der Waals surface area contributed by atoms with Gasteiger partial charge >= 0.3 is 5.97 Å². The molecule has 1 unspecified atom stereocenters. The highest BCUT2D eigenvalue weighted by Crippen LogP contribution is 2.19. The number of benzene rings is 1. The van der Waals surface area contributed by atoms with Crippen molar-refractivity contribution >= 4 is 16.0 Å². The van der Waals surface area contributed by atoms with E-state index in [1.165, 1.54) is 24.3 Å². The van der Waals surface area contributed by atoms with Gasteiger partial charge in [0.1, 0.15) is 0 Å². The number of carbonyl (C=O) groups is 1. The zero-order chi connectivity index (χ0) is 19.3. The molecule has 1 heterocycles. The zero-order valence-electron chi connectivity index (χ0n) is 15.2. The molecule has 142 valence electrons. The maximum Gasteiger partial charge on any atom is 0.338 e. The van der Waals surface area contributed by atoms with Gasteiger partial charge in [0.25, 0.3) is 5.89 Å². The van der Waals surface area contributed by atoms with Crippen molar-refractivity contribution in [2.75, 3.05) is 0 Å². The molecule has 0 aliphatic rings. The number of hydrogen-bond acceptors (Lipinski definition) is 7. The van der Waals surface area contributed by atoms with E-state index in [1.807, 2.05) is 6.92 Å². The smallest absolute Gasteiger partial charge is 0.338 e. The van der Waals surface area contributed by atoms with Crippen LogP contribution in [0.3, 0.4) is 0 Å². The molecule has 0 saturated carbocycles. The summed E-state index contributed by atoms with van der Waals surface area (Å²) in [7, 11) is -3.70. The molecule has 9 heteroatoms. The van der Waals surface area contributed by atoms with Crippen LogP contribution >= 0.6 is 0 Å². The van der Waals surface area contributed by atoms with Crippen LogP contribution in [0.2, 0.25) is 0 Å². The molecule has 1 atom stereocenters. The van der Waals surface area contributed by atoms with Crippen LogP contribution in [-0.2, 0) is 21.2 Å². The third kappa shape index (κ3) is 5.12. The molecule has 0 aliphatic carbocycles. The lowest BCUT2D eigenvalue weighted by Gasteiger charge is -2.12. The Morgan fingerprint density at radius 2 is 2.04 bits per heavy atom. The van der Waals surface area contributed by atoms with Crippen LogP contribution in [-0.4, -0.2) is 30.6 Å². The van der Waals surface area contributed by atoms with Crippen molar-refractivity contribution < 1.29 is 22.5 Å². The Bertz CT molecular complexity index is 861. The average Bonchev–Trinajstić information content (AvgIpc) is 3.03. The molecule has 0 bridgehead atoms. The van der Waals surface area contributed by atoms with Crippen molar-refractivity contribution in [3.05, 3.63) is 41.5 Å². The molecule has 0 spiro atoms. The first-order valence-electron chi connectivity index (χ1n) is 8.38. The van der Waals surface area contributed by atoms with Crippen molar-refractivity contribution in [2.45, 2.75) is 57.6 Å². The molecule has 1 aromatic heterocycles. The van der Waals surface area contributed by atoms with E-state index >= 15 is 0 Å². The van der Waals surface area contributed by atoms with Gasteiger partial charge in [-0.1, -0.05) is 18.1 Å². The first-order chi connectivity index (χ1) is 12.2. The van der Waals surface area contributed by atoms with E-state index in [4.69, 9.17) is 9.26 Å². The normalized spacial score (nSPS) is 13.0. The number of nitrogens with zero attached hydrogens (tertiary/aromatic N) is 2. The lowest BCUT2D eigenvalue weighted by molar-refractivity contribution is 0.0265. The molecule has 1 N–H and O–H groups in total. The Labute approximate surface area is 153 Å². The number of ether oxygens (including phenoxy) is 1. The van der Waals surface area contributed by atoms with Gasteiger partial charge in [-0.2, -0.15) is 4.98 Å². The summed E-state index contributed by atoms with van der Waals surface area (Å²) >= 11 is 0. The second kappa shape index (κ2) is 8.41. The first-order valence-corrected chi connectivity index (χ1v) is 9.87. The number of aromatic nitrogens is 2. The molecule has 0 fully saturated rings. The highest BCUT2D eigenvalue weighted by atomic mass is 32.2. The number of hydrogen-bond donors (Lipinski definition) is 1. The Hall–Kier alpha value is -2.26. The second-order valence-corrected chi connectivity index (χ2v) is 7.86. The predicted molar refractivity (Wildman–Crippen MR) is 94.0 cm³/mol. The number of rotatable bonds is 8. The summed E-state index contributed by atoms with van der Waals surface area (Å²) in [6.07, 6.45) is 0.806. The van der Waals surface area contributed by atoms with Crippen LogP contribution in [0.15, 0.2) is 33.7 Å². The maximum atomic E-state index is 12.3. The predicted octanol–water partition coefficient (Wildman–Crippen LogP) is 2.63. The zero-order valence-corrected chi connectivity index (χ0v) is 16.0. The van der Waals surface area contributed by atoms with E-state index < -0.39 is 22.1 Å². The van der Waals surface area contributed by atoms with Gasteiger partial charge in [0.05, 0.1) is 10.5 Å². The average molecular weight is 381 g/mol. The highest BCUT2D eigenvalue weighted by Gasteiger charge is 2.21. The van der Waals surface area contributed by atoms with Crippen LogP contribution in [0.1, 0.15) is 62.3 Å². The largest absolute Gasteiger partial charge is 0.449 e.